The summed E-state index contributed by atoms with van der Waals surface area (Å²) in [5.41, 5.74) is 2.21. The molecule has 5 heteroatoms. The Bertz CT molecular complexity index is 1100. The average molecular weight is 328 g/mol. The molecule has 5 nitrogen and oxygen atoms in total. The lowest BCUT2D eigenvalue weighted by molar-refractivity contribution is 0.597. The topological polar surface area (TPSA) is 93.3 Å². The molecule has 0 saturated heterocycles. The molecule has 1 aromatic carbocycles. The van der Waals surface area contributed by atoms with Crippen molar-refractivity contribution in [3.05, 3.63) is 75.3 Å². The maximum absolute atomic E-state index is 11.9. The zero-order valence-electron chi connectivity index (χ0n) is 14.0. The summed E-state index contributed by atoms with van der Waals surface area (Å²) in [6.45, 7) is 3.60. The van der Waals surface area contributed by atoms with Gasteiger partial charge in [0.05, 0.1) is 11.5 Å². The lowest BCUT2D eigenvalue weighted by atomic mass is 9.79. The number of H-pyrrole nitrogens is 1. The molecule has 0 spiro atoms. The highest BCUT2D eigenvalue weighted by molar-refractivity contribution is 5.80. The Morgan fingerprint density at radius 2 is 2.00 bits per heavy atom. The van der Waals surface area contributed by atoms with Crippen LogP contribution in [0.4, 0.5) is 0 Å². The van der Waals surface area contributed by atoms with Crippen molar-refractivity contribution < 1.29 is 0 Å². The van der Waals surface area contributed by atoms with Gasteiger partial charge in [0, 0.05) is 23.2 Å². The van der Waals surface area contributed by atoms with Gasteiger partial charge in [0.25, 0.3) is 5.56 Å². The number of nitrogens with one attached hydrogen (secondary N) is 1. The van der Waals surface area contributed by atoms with Gasteiger partial charge in [0.15, 0.2) is 0 Å². The van der Waals surface area contributed by atoms with Crippen LogP contribution in [0.5, 0.6) is 0 Å². The van der Waals surface area contributed by atoms with Crippen LogP contribution in [0.3, 0.4) is 0 Å². The molecule has 2 heterocycles. The summed E-state index contributed by atoms with van der Waals surface area (Å²) >= 11 is 0. The molecular formula is C20H16N4O. The first-order chi connectivity index (χ1) is 11.9. The van der Waals surface area contributed by atoms with Crippen LogP contribution in [0.1, 0.15) is 29.4 Å². The van der Waals surface area contributed by atoms with Gasteiger partial charge in [-0.25, -0.2) is 4.98 Å². The molecule has 0 saturated carbocycles. The van der Waals surface area contributed by atoms with E-state index < -0.39 is 5.41 Å². The summed E-state index contributed by atoms with van der Waals surface area (Å²) in [4.78, 5) is 19.0. The molecule has 1 atom stereocenters. The van der Waals surface area contributed by atoms with Gasteiger partial charge in [0.2, 0.25) is 0 Å². The van der Waals surface area contributed by atoms with E-state index in [9.17, 15) is 10.1 Å². The molecule has 0 aliphatic rings. The average Bonchev–Trinajstić information content (AvgIpc) is 2.62. The van der Waals surface area contributed by atoms with Crippen molar-refractivity contribution in [2.75, 3.05) is 0 Å². The summed E-state index contributed by atoms with van der Waals surface area (Å²) in [5, 5.41) is 19.7. The Balaban J connectivity index is 2.06. The number of benzene rings is 1. The predicted molar refractivity (Wildman–Crippen MR) is 94.9 cm³/mol. The van der Waals surface area contributed by atoms with E-state index in [1.807, 2.05) is 43.3 Å². The third-order valence-electron chi connectivity index (χ3n) is 4.37. The molecule has 25 heavy (non-hydrogen) atoms. The summed E-state index contributed by atoms with van der Waals surface area (Å²) in [6.07, 6.45) is 0.376. The van der Waals surface area contributed by atoms with Crippen LogP contribution in [0.15, 0.2) is 47.3 Å². The van der Waals surface area contributed by atoms with E-state index >= 15 is 0 Å². The summed E-state index contributed by atoms with van der Waals surface area (Å²) in [6, 6.07) is 17.1. The Kier molecular flexibility index (Phi) is 4.09. The van der Waals surface area contributed by atoms with E-state index in [2.05, 4.69) is 16.0 Å². The Hall–Kier alpha value is -3.44. The Morgan fingerprint density at radius 3 is 2.72 bits per heavy atom. The largest absolute Gasteiger partial charge is 0.322 e. The number of aryl methyl sites for hydroxylation is 1. The number of hydrogen-bond donors (Lipinski definition) is 1. The molecule has 0 radical (unpaired) electrons. The summed E-state index contributed by atoms with van der Waals surface area (Å²) in [7, 11) is 0. The molecule has 122 valence electrons. The van der Waals surface area contributed by atoms with Gasteiger partial charge in [-0.3, -0.25) is 4.79 Å². The van der Waals surface area contributed by atoms with Crippen molar-refractivity contribution >= 4 is 10.9 Å². The maximum atomic E-state index is 11.9. The first-order valence-electron chi connectivity index (χ1n) is 7.87. The van der Waals surface area contributed by atoms with Gasteiger partial charge in [0.1, 0.15) is 11.8 Å². The van der Waals surface area contributed by atoms with E-state index in [1.165, 1.54) is 0 Å². The van der Waals surface area contributed by atoms with E-state index in [0.29, 0.717) is 28.9 Å². The summed E-state index contributed by atoms with van der Waals surface area (Å²) in [5.74, 6) is 0. The van der Waals surface area contributed by atoms with Crippen LogP contribution >= 0.6 is 0 Å². The molecule has 2 aromatic heterocycles. The minimum absolute atomic E-state index is 0.133. The fourth-order valence-corrected chi connectivity index (χ4v) is 2.86. The van der Waals surface area contributed by atoms with Crippen molar-refractivity contribution in [3.8, 4) is 12.1 Å². The molecule has 0 amide bonds. The molecule has 1 unspecified atom stereocenters. The van der Waals surface area contributed by atoms with Crippen molar-refractivity contribution in [3.63, 3.8) is 0 Å². The van der Waals surface area contributed by atoms with Gasteiger partial charge >= 0.3 is 0 Å². The van der Waals surface area contributed by atoms with Crippen LogP contribution in [0.2, 0.25) is 0 Å². The zero-order chi connectivity index (χ0) is 18.0. The second kappa shape index (κ2) is 6.22. The van der Waals surface area contributed by atoms with Crippen LogP contribution in [0, 0.1) is 29.6 Å². The van der Waals surface area contributed by atoms with Crippen LogP contribution < -0.4 is 5.56 Å². The maximum Gasteiger partial charge on any atom is 0.251 e. The first kappa shape index (κ1) is 16.4. The molecule has 0 aliphatic carbocycles. The number of aromatic nitrogens is 2. The zero-order valence-corrected chi connectivity index (χ0v) is 14.0. The van der Waals surface area contributed by atoms with Crippen LogP contribution in [0.25, 0.3) is 10.9 Å². The normalized spacial score (nSPS) is 13.0. The highest BCUT2D eigenvalue weighted by atomic mass is 16.1. The number of fused-ring (bicyclic) bond motifs is 1. The van der Waals surface area contributed by atoms with Gasteiger partial charge in [-0.2, -0.15) is 10.5 Å². The van der Waals surface area contributed by atoms with E-state index in [4.69, 9.17) is 5.26 Å². The van der Waals surface area contributed by atoms with Crippen molar-refractivity contribution in [1.29, 1.82) is 10.5 Å². The molecule has 3 rings (SSSR count). The number of nitrogens with zero attached hydrogens (tertiary/aromatic N) is 3. The van der Waals surface area contributed by atoms with Crippen molar-refractivity contribution in [2.24, 2.45) is 0 Å². The van der Waals surface area contributed by atoms with E-state index in [0.717, 1.165) is 10.9 Å². The minimum Gasteiger partial charge on any atom is -0.322 e. The smallest absolute Gasteiger partial charge is 0.251 e. The van der Waals surface area contributed by atoms with Gasteiger partial charge in [-0.1, -0.05) is 18.2 Å². The number of nitriles is 2. The number of rotatable bonds is 3. The number of hydrogen-bond acceptors (Lipinski definition) is 4. The first-order valence-corrected chi connectivity index (χ1v) is 7.87. The van der Waals surface area contributed by atoms with E-state index in [-0.39, 0.29) is 5.56 Å². The molecule has 1 N–H and O–H groups in total. The molecule has 0 aliphatic heterocycles. The summed E-state index contributed by atoms with van der Waals surface area (Å²) < 4.78 is 0. The van der Waals surface area contributed by atoms with Gasteiger partial charge in [-0.05, 0) is 49.1 Å². The predicted octanol–water partition coefficient (Wildman–Crippen LogP) is 3.13. The quantitative estimate of drug-likeness (QED) is 0.799. The van der Waals surface area contributed by atoms with Crippen LogP contribution in [-0.2, 0) is 11.8 Å². The second-order valence-corrected chi connectivity index (χ2v) is 6.33. The third kappa shape index (κ3) is 3.13. The standard InChI is InChI=1S/C20H16N4O/c1-13-8-14-6-7-15(9-18(14)24-19(13)25)20(2,12-22)10-16-4-3-5-17(11-21)23-16/h3-9H,10H2,1-2H3,(H,24,25). The monoisotopic (exact) mass is 328 g/mol. The van der Waals surface area contributed by atoms with E-state index in [1.54, 1.807) is 19.1 Å². The van der Waals surface area contributed by atoms with Crippen LogP contribution in [-0.4, -0.2) is 9.97 Å². The molecule has 3 aromatic rings. The highest BCUT2D eigenvalue weighted by Gasteiger charge is 2.28. The second-order valence-electron chi connectivity index (χ2n) is 6.33. The number of pyridine rings is 2. The lowest BCUT2D eigenvalue weighted by Gasteiger charge is -2.22. The molecule has 0 fully saturated rings. The minimum atomic E-state index is -0.822. The van der Waals surface area contributed by atoms with Crippen molar-refractivity contribution in [2.45, 2.75) is 25.7 Å². The van der Waals surface area contributed by atoms with Crippen molar-refractivity contribution in [1.82, 2.24) is 9.97 Å². The number of aromatic amines is 1. The Morgan fingerprint density at radius 1 is 1.20 bits per heavy atom. The molecule has 0 bridgehead atoms. The van der Waals surface area contributed by atoms with Gasteiger partial charge < -0.3 is 4.98 Å². The third-order valence-corrected chi connectivity index (χ3v) is 4.37. The fraction of sp³-hybridized carbons (Fsp3) is 0.200. The molecular weight excluding hydrogens is 312 g/mol. The fourth-order valence-electron chi connectivity index (χ4n) is 2.86. The van der Waals surface area contributed by atoms with Gasteiger partial charge in [-0.15, -0.1) is 0 Å². The lowest BCUT2D eigenvalue weighted by Crippen LogP contribution is -2.23. The SMILES string of the molecule is Cc1cc2ccc(C(C)(C#N)Cc3cccc(C#N)n3)cc2[nH]c1=O. The Labute approximate surface area is 145 Å². The highest BCUT2D eigenvalue weighted by Crippen LogP contribution is 2.29.